The second-order valence-corrected chi connectivity index (χ2v) is 5.08. The number of nitro benzene ring substituents is 1. The zero-order chi connectivity index (χ0) is 16.6. The van der Waals surface area contributed by atoms with Crippen LogP contribution in [0.1, 0.15) is 0 Å². The molecule has 0 fully saturated rings. The lowest BCUT2D eigenvalue weighted by atomic mass is 10.2. The number of H-pyrrole nitrogens is 1. The second kappa shape index (κ2) is 5.77. The van der Waals surface area contributed by atoms with Crippen molar-refractivity contribution in [2.45, 2.75) is 0 Å². The summed E-state index contributed by atoms with van der Waals surface area (Å²) in [5, 5.41) is 11.2. The van der Waals surface area contributed by atoms with Crippen molar-refractivity contribution in [3.63, 3.8) is 0 Å². The molecule has 2 aromatic carbocycles. The number of halogens is 1. The van der Waals surface area contributed by atoms with Crippen molar-refractivity contribution in [1.82, 2.24) is 9.97 Å². The van der Waals surface area contributed by atoms with Gasteiger partial charge in [0.1, 0.15) is 5.82 Å². The second-order valence-electron chi connectivity index (χ2n) is 4.71. The molecule has 0 aliphatic rings. The Morgan fingerprint density at radius 2 is 2.00 bits per heavy atom. The molecule has 0 bridgehead atoms. The van der Waals surface area contributed by atoms with Gasteiger partial charge >= 0.3 is 0 Å². The molecular formula is C15H12ClN3O4. The number of benzene rings is 2. The first-order chi connectivity index (χ1) is 11.0. The van der Waals surface area contributed by atoms with Gasteiger partial charge in [-0.05, 0) is 18.2 Å². The third-order valence-corrected chi connectivity index (χ3v) is 3.79. The molecule has 0 atom stereocenters. The summed E-state index contributed by atoms with van der Waals surface area (Å²) in [6, 6.07) is 7.89. The highest BCUT2D eigenvalue weighted by molar-refractivity contribution is 6.35. The number of nitrogens with one attached hydrogen (secondary N) is 1. The molecule has 0 aliphatic carbocycles. The fourth-order valence-corrected chi connectivity index (χ4v) is 2.63. The molecule has 1 N–H and O–H groups in total. The summed E-state index contributed by atoms with van der Waals surface area (Å²) in [6.45, 7) is 0. The lowest BCUT2D eigenvalue weighted by Gasteiger charge is -2.11. The first-order valence-corrected chi connectivity index (χ1v) is 6.98. The molecule has 0 amide bonds. The van der Waals surface area contributed by atoms with Crippen molar-refractivity contribution < 1.29 is 14.4 Å². The van der Waals surface area contributed by atoms with Gasteiger partial charge in [0.15, 0.2) is 11.5 Å². The van der Waals surface area contributed by atoms with E-state index in [1.54, 1.807) is 18.2 Å². The molecule has 0 saturated heterocycles. The predicted octanol–water partition coefficient (Wildman–Crippen LogP) is 3.81. The number of ether oxygens (including phenoxy) is 2. The number of nitrogens with zero attached hydrogens (tertiary/aromatic N) is 2. The van der Waals surface area contributed by atoms with Crippen LogP contribution in [0.4, 0.5) is 5.69 Å². The summed E-state index contributed by atoms with van der Waals surface area (Å²) in [5.41, 5.74) is 1.77. The van der Waals surface area contributed by atoms with Gasteiger partial charge in [-0.15, -0.1) is 0 Å². The minimum absolute atomic E-state index is 0.00823. The molecule has 3 rings (SSSR count). The summed E-state index contributed by atoms with van der Waals surface area (Å²) in [6.07, 6.45) is 0. The highest BCUT2D eigenvalue weighted by Gasteiger charge is 2.17. The van der Waals surface area contributed by atoms with Crippen LogP contribution in [0.15, 0.2) is 30.3 Å². The molecule has 1 aromatic heterocycles. The minimum Gasteiger partial charge on any atom is -0.493 e. The quantitative estimate of drug-likeness (QED) is 0.579. The van der Waals surface area contributed by atoms with Crippen LogP contribution >= 0.6 is 11.6 Å². The SMILES string of the molecule is COc1ccc(-c2nc3ccc([N+](=O)[O-])cc3[nH]2)c(Cl)c1OC. The smallest absolute Gasteiger partial charge is 0.271 e. The number of aromatic amines is 1. The Labute approximate surface area is 136 Å². The highest BCUT2D eigenvalue weighted by atomic mass is 35.5. The van der Waals surface area contributed by atoms with Crippen LogP contribution < -0.4 is 9.47 Å². The van der Waals surface area contributed by atoms with E-state index in [4.69, 9.17) is 21.1 Å². The summed E-state index contributed by atoms with van der Waals surface area (Å²) in [5.74, 6) is 1.40. The standard InChI is InChI=1S/C15H12ClN3O4/c1-22-12-6-4-9(13(16)14(12)23-2)15-17-10-5-3-8(19(20)21)7-11(10)18-15/h3-7H,1-2H3,(H,17,18). The van der Waals surface area contributed by atoms with E-state index >= 15 is 0 Å². The fraction of sp³-hybridized carbons (Fsp3) is 0.133. The Kier molecular flexibility index (Phi) is 3.79. The monoisotopic (exact) mass is 333 g/mol. The maximum Gasteiger partial charge on any atom is 0.271 e. The molecule has 0 unspecified atom stereocenters. The van der Waals surface area contributed by atoms with Crippen molar-refractivity contribution in [2.24, 2.45) is 0 Å². The molecule has 0 aliphatic heterocycles. The number of nitro groups is 1. The van der Waals surface area contributed by atoms with Crippen LogP contribution in [-0.4, -0.2) is 29.1 Å². The van der Waals surface area contributed by atoms with Gasteiger partial charge in [-0.3, -0.25) is 10.1 Å². The average Bonchev–Trinajstić information content (AvgIpc) is 2.96. The van der Waals surface area contributed by atoms with E-state index in [-0.39, 0.29) is 5.69 Å². The number of hydrogen-bond acceptors (Lipinski definition) is 5. The number of imidazole rings is 1. The van der Waals surface area contributed by atoms with Crippen LogP contribution in [0.3, 0.4) is 0 Å². The lowest BCUT2D eigenvalue weighted by molar-refractivity contribution is -0.384. The van der Waals surface area contributed by atoms with Gasteiger partial charge in [-0.2, -0.15) is 0 Å². The third kappa shape index (κ3) is 2.55. The Balaban J connectivity index is 2.15. The van der Waals surface area contributed by atoms with Crippen LogP contribution in [0, 0.1) is 10.1 Å². The Morgan fingerprint density at radius 3 is 2.65 bits per heavy atom. The van der Waals surface area contributed by atoms with E-state index < -0.39 is 4.92 Å². The van der Waals surface area contributed by atoms with Gasteiger partial charge in [0.25, 0.3) is 5.69 Å². The van der Waals surface area contributed by atoms with Crippen molar-refractivity contribution in [1.29, 1.82) is 0 Å². The lowest BCUT2D eigenvalue weighted by Crippen LogP contribution is -1.93. The summed E-state index contributed by atoms with van der Waals surface area (Å²) < 4.78 is 10.5. The summed E-state index contributed by atoms with van der Waals surface area (Å²) >= 11 is 6.36. The third-order valence-electron chi connectivity index (χ3n) is 3.42. The van der Waals surface area contributed by atoms with Gasteiger partial charge < -0.3 is 14.5 Å². The Morgan fingerprint density at radius 1 is 1.22 bits per heavy atom. The van der Waals surface area contributed by atoms with Gasteiger partial charge in [0, 0.05) is 17.7 Å². The normalized spacial score (nSPS) is 10.7. The van der Waals surface area contributed by atoms with Crippen molar-refractivity contribution in [3.05, 3.63) is 45.5 Å². The number of non-ortho nitro benzene ring substituents is 1. The number of hydrogen-bond donors (Lipinski definition) is 1. The zero-order valence-corrected chi connectivity index (χ0v) is 13.0. The Hall–Kier alpha value is -2.80. The first kappa shape index (κ1) is 15.1. The Bertz CT molecular complexity index is 907. The molecule has 3 aromatic rings. The first-order valence-electron chi connectivity index (χ1n) is 6.60. The predicted molar refractivity (Wildman–Crippen MR) is 86.3 cm³/mol. The van der Waals surface area contributed by atoms with E-state index in [1.807, 2.05) is 0 Å². The summed E-state index contributed by atoms with van der Waals surface area (Å²) in [7, 11) is 3.02. The van der Waals surface area contributed by atoms with E-state index in [2.05, 4.69) is 9.97 Å². The number of methoxy groups -OCH3 is 2. The topological polar surface area (TPSA) is 90.3 Å². The average molecular weight is 334 g/mol. The molecule has 118 valence electrons. The van der Waals surface area contributed by atoms with Gasteiger partial charge in [0.2, 0.25) is 0 Å². The van der Waals surface area contributed by atoms with E-state index in [0.717, 1.165) is 0 Å². The van der Waals surface area contributed by atoms with E-state index in [0.29, 0.717) is 38.9 Å². The van der Waals surface area contributed by atoms with Crippen molar-refractivity contribution in [2.75, 3.05) is 14.2 Å². The number of fused-ring (bicyclic) bond motifs is 1. The van der Waals surface area contributed by atoms with Crippen LogP contribution in [0.2, 0.25) is 5.02 Å². The van der Waals surface area contributed by atoms with Crippen molar-refractivity contribution in [3.8, 4) is 22.9 Å². The molecule has 0 spiro atoms. The van der Waals surface area contributed by atoms with Crippen LogP contribution in [0.25, 0.3) is 22.4 Å². The largest absolute Gasteiger partial charge is 0.493 e. The number of rotatable bonds is 4. The molecule has 8 heteroatoms. The van der Waals surface area contributed by atoms with E-state index in [9.17, 15) is 10.1 Å². The molecular weight excluding hydrogens is 322 g/mol. The summed E-state index contributed by atoms with van der Waals surface area (Å²) in [4.78, 5) is 17.9. The molecule has 0 saturated carbocycles. The maximum atomic E-state index is 10.8. The maximum absolute atomic E-state index is 10.8. The van der Waals surface area contributed by atoms with E-state index in [1.165, 1.54) is 26.4 Å². The fourth-order valence-electron chi connectivity index (χ4n) is 2.31. The highest BCUT2D eigenvalue weighted by Crippen LogP contribution is 2.41. The molecule has 0 radical (unpaired) electrons. The minimum atomic E-state index is -0.455. The van der Waals surface area contributed by atoms with Crippen molar-refractivity contribution >= 4 is 28.3 Å². The van der Waals surface area contributed by atoms with Gasteiger partial charge in [0.05, 0.1) is 35.2 Å². The van der Waals surface area contributed by atoms with Crippen LogP contribution in [-0.2, 0) is 0 Å². The zero-order valence-electron chi connectivity index (χ0n) is 12.3. The molecule has 23 heavy (non-hydrogen) atoms. The number of aromatic nitrogens is 2. The molecule has 1 heterocycles. The van der Waals surface area contributed by atoms with Gasteiger partial charge in [-0.25, -0.2) is 4.98 Å². The molecule has 7 nitrogen and oxygen atoms in total. The van der Waals surface area contributed by atoms with Crippen LogP contribution in [0.5, 0.6) is 11.5 Å². The van der Waals surface area contributed by atoms with Gasteiger partial charge in [-0.1, -0.05) is 11.6 Å².